The van der Waals surface area contributed by atoms with Gasteiger partial charge in [0.2, 0.25) is 17.7 Å². The van der Waals surface area contributed by atoms with E-state index in [-0.39, 0.29) is 56.0 Å². The molecule has 1 aliphatic carbocycles. The number of hydrogen-bond donors (Lipinski definition) is 4. The topological polar surface area (TPSA) is 204 Å². The smallest absolute Gasteiger partial charge is 0.407 e. The van der Waals surface area contributed by atoms with Gasteiger partial charge in [0.25, 0.3) is 11.8 Å². The van der Waals surface area contributed by atoms with Crippen molar-refractivity contribution in [2.24, 2.45) is 5.92 Å². The molecule has 3 heterocycles. The number of aromatic nitrogens is 2. The minimum atomic E-state index is -1.21. The number of ether oxygens (including phenoxy) is 1. The van der Waals surface area contributed by atoms with Gasteiger partial charge in [-0.05, 0) is 57.1 Å². The van der Waals surface area contributed by atoms with Gasteiger partial charge in [0.1, 0.15) is 12.1 Å². The quantitative estimate of drug-likeness (QED) is 0.238. The zero-order valence-electron chi connectivity index (χ0n) is 26.7. The number of carboxylic acid groups (broad SMARTS) is 2. The SMILES string of the molecule is C[C@@H](Oc1cc(C(=O)NC(CCC(=O)O)C(=O)N2CCN(C(=O)O)CC2)nn1-c1ccccc1)C(=O)N1CCCC1C(=O)NCC1CC1. The van der Waals surface area contributed by atoms with Crippen LogP contribution in [-0.4, -0.2) is 128 Å². The molecule has 1 aromatic heterocycles. The number of carbonyl (C=O) groups is 6. The molecule has 2 unspecified atom stereocenters. The van der Waals surface area contributed by atoms with Crippen LogP contribution in [0.25, 0.3) is 5.69 Å². The molecule has 16 nitrogen and oxygen atoms in total. The van der Waals surface area contributed by atoms with Crippen molar-refractivity contribution in [1.29, 1.82) is 0 Å². The Labute approximate surface area is 277 Å². The monoisotopic (exact) mass is 667 g/mol. The Balaban J connectivity index is 1.31. The second-order valence-electron chi connectivity index (χ2n) is 12.3. The summed E-state index contributed by atoms with van der Waals surface area (Å²) in [6, 6.07) is 8.30. The van der Waals surface area contributed by atoms with E-state index in [1.165, 1.54) is 25.4 Å². The van der Waals surface area contributed by atoms with Crippen LogP contribution < -0.4 is 15.4 Å². The standard InChI is InChI=1S/C32H41N7O9/c1-20(30(44)38-13-5-8-25(38)29(43)33-19-21-9-10-21)48-26-18-24(35-39(26)22-6-3-2-4-7-22)28(42)34-23(11-12-27(40)41)31(45)36-14-16-37(17-15-36)32(46)47/h2-4,6-7,18,20-21,23,25H,5,8-17,19H2,1H3,(H,33,43)(H,34,42)(H,40,41)(H,46,47)/t20-,23?,25?/m1/s1. The van der Waals surface area contributed by atoms with E-state index in [0.29, 0.717) is 37.5 Å². The molecule has 3 aliphatic rings. The second-order valence-corrected chi connectivity index (χ2v) is 12.3. The summed E-state index contributed by atoms with van der Waals surface area (Å²) in [6.45, 7) is 2.94. The van der Waals surface area contributed by atoms with Crippen LogP contribution in [0.2, 0.25) is 0 Å². The third kappa shape index (κ3) is 8.41. The van der Waals surface area contributed by atoms with Crippen LogP contribution in [0, 0.1) is 5.92 Å². The average molecular weight is 668 g/mol. The van der Waals surface area contributed by atoms with Crippen molar-refractivity contribution in [3.63, 3.8) is 0 Å². The first-order valence-corrected chi connectivity index (χ1v) is 16.2. The Kier molecular flexibility index (Phi) is 10.8. The number of nitrogens with one attached hydrogen (secondary N) is 2. The fourth-order valence-electron chi connectivity index (χ4n) is 5.86. The van der Waals surface area contributed by atoms with Crippen molar-refractivity contribution in [2.45, 2.75) is 63.6 Å². The Morgan fingerprint density at radius 2 is 1.62 bits per heavy atom. The molecule has 1 aromatic carbocycles. The minimum absolute atomic E-state index is 0.0688. The highest BCUT2D eigenvalue weighted by molar-refractivity contribution is 5.96. The maximum absolute atomic E-state index is 13.5. The molecule has 2 aliphatic heterocycles. The van der Waals surface area contributed by atoms with Gasteiger partial charge in [0, 0.05) is 51.8 Å². The van der Waals surface area contributed by atoms with Crippen molar-refractivity contribution in [3.8, 4) is 11.6 Å². The van der Waals surface area contributed by atoms with E-state index in [1.54, 1.807) is 37.3 Å². The van der Waals surface area contributed by atoms with Gasteiger partial charge in [-0.25, -0.2) is 9.48 Å². The summed E-state index contributed by atoms with van der Waals surface area (Å²) >= 11 is 0. The number of carbonyl (C=O) groups excluding carboxylic acids is 4. The highest BCUT2D eigenvalue weighted by Gasteiger charge is 2.38. The summed E-state index contributed by atoms with van der Waals surface area (Å²) in [5.74, 6) is -2.44. The number of nitrogens with zero attached hydrogens (tertiary/aromatic N) is 5. The molecule has 5 rings (SSSR count). The number of likely N-dealkylation sites (tertiary alicyclic amines) is 1. The van der Waals surface area contributed by atoms with Gasteiger partial charge >= 0.3 is 12.1 Å². The van der Waals surface area contributed by atoms with Gasteiger partial charge in [-0.15, -0.1) is 0 Å². The molecule has 2 aromatic rings. The number of hydrogen-bond acceptors (Lipinski definition) is 8. The van der Waals surface area contributed by atoms with Crippen molar-refractivity contribution in [2.75, 3.05) is 39.3 Å². The van der Waals surface area contributed by atoms with Crippen molar-refractivity contribution < 1.29 is 43.7 Å². The van der Waals surface area contributed by atoms with Crippen LogP contribution >= 0.6 is 0 Å². The number of rotatable bonds is 13. The van der Waals surface area contributed by atoms with Crippen LogP contribution in [0.3, 0.4) is 0 Å². The third-order valence-corrected chi connectivity index (χ3v) is 8.77. The maximum atomic E-state index is 13.5. The van der Waals surface area contributed by atoms with E-state index >= 15 is 0 Å². The Hall–Kier alpha value is -5.15. The number of piperazine rings is 1. The molecular formula is C32H41N7O9. The zero-order valence-corrected chi connectivity index (χ0v) is 26.7. The Morgan fingerprint density at radius 3 is 2.27 bits per heavy atom. The number of aliphatic carboxylic acids is 1. The number of benzene rings is 1. The maximum Gasteiger partial charge on any atom is 0.407 e. The lowest BCUT2D eigenvalue weighted by Crippen LogP contribution is -2.55. The second kappa shape index (κ2) is 15.2. The van der Waals surface area contributed by atoms with Gasteiger partial charge in [0.15, 0.2) is 11.8 Å². The Bertz CT molecular complexity index is 1520. The van der Waals surface area contributed by atoms with Crippen LogP contribution in [0.4, 0.5) is 4.79 Å². The third-order valence-electron chi connectivity index (χ3n) is 8.77. The molecule has 258 valence electrons. The predicted octanol–water partition coefficient (Wildman–Crippen LogP) is 0.942. The molecule has 16 heteroatoms. The van der Waals surface area contributed by atoms with Crippen molar-refractivity contribution in [3.05, 3.63) is 42.1 Å². The summed E-state index contributed by atoms with van der Waals surface area (Å²) in [7, 11) is 0. The molecule has 4 N–H and O–H groups in total. The van der Waals surface area contributed by atoms with Gasteiger partial charge in [-0.2, -0.15) is 5.10 Å². The number of amides is 5. The van der Waals surface area contributed by atoms with Gasteiger partial charge in [-0.3, -0.25) is 24.0 Å². The van der Waals surface area contributed by atoms with E-state index in [9.17, 15) is 39.0 Å². The van der Waals surface area contributed by atoms with Crippen molar-refractivity contribution >= 4 is 35.7 Å². The normalized spacial score (nSPS) is 18.9. The molecule has 2 saturated heterocycles. The summed E-state index contributed by atoms with van der Waals surface area (Å²) in [6.07, 6.45) is 0.702. The van der Waals surface area contributed by atoms with Crippen LogP contribution in [0.15, 0.2) is 36.4 Å². The fourth-order valence-corrected chi connectivity index (χ4v) is 5.86. The molecule has 3 atom stereocenters. The molecule has 0 spiro atoms. The molecular weight excluding hydrogens is 626 g/mol. The van der Waals surface area contributed by atoms with E-state index in [2.05, 4.69) is 15.7 Å². The summed E-state index contributed by atoms with van der Waals surface area (Å²) < 4.78 is 7.44. The van der Waals surface area contributed by atoms with Crippen LogP contribution in [0.5, 0.6) is 5.88 Å². The average Bonchev–Trinajstić information content (AvgIpc) is 3.61. The lowest BCUT2D eigenvalue weighted by atomic mass is 10.1. The van der Waals surface area contributed by atoms with Gasteiger partial charge in [0.05, 0.1) is 5.69 Å². The Morgan fingerprint density at radius 1 is 0.938 bits per heavy atom. The van der Waals surface area contributed by atoms with Gasteiger partial charge < -0.3 is 40.3 Å². The molecule has 3 fully saturated rings. The van der Waals surface area contributed by atoms with E-state index in [0.717, 1.165) is 12.8 Å². The number of para-hydroxylation sites is 1. The largest absolute Gasteiger partial charge is 0.481 e. The molecule has 0 bridgehead atoms. The molecule has 48 heavy (non-hydrogen) atoms. The minimum Gasteiger partial charge on any atom is -0.481 e. The summed E-state index contributed by atoms with van der Waals surface area (Å²) in [5, 5.41) is 28.5. The van der Waals surface area contributed by atoms with Crippen LogP contribution in [0.1, 0.15) is 55.9 Å². The van der Waals surface area contributed by atoms with E-state index in [1.807, 2.05) is 0 Å². The first-order chi connectivity index (χ1) is 23.0. The van der Waals surface area contributed by atoms with Gasteiger partial charge in [-0.1, -0.05) is 18.2 Å². The molecule has 0 radical (unpaired) electrons. The zero-order chi connectivity index (χ0) is 34.4. The lowest BCUT2D eigenvalue weighted by molar-refractivity contribution is -0.143. The molecule has 5 amide bonds. The summed E-state index contributed by atoms with van der Waals surface area (Å²) in [4.78, 5) is 80.0. The number of carboxylic acids is 1. The van der Waals surface area contributed by atoms with Crippen molar-refractivity contribution in [1.82, 2.24) is 35.1 Å². The summed E-state index contributed by atoms with van der Waals surface area (Å²) in [5.41, 5.74) is 0.385. The molecule has 1 saturated carbocycles. The van der Waals surface area contributed by atoms with E-state index < -0.39 is 48.5 Å². The fraction of sp³-hybridized carbons (Fsp3) is 0.531. The highest BCUT2D eigenvalue weighted by Crippen LogP contribution is 2.28. The first kappa shape index (κ1) is 34.2. The lowest BCUT2D eigenvalue weighted by Gasteiger charge is -2.35. The first-order valence-electron chi connectivity index (χ1n) is 16.2. The highest BCUT2D eigenvalue weighted by atomic mass is 16.5. The predicted molar refractivity (Wildman–Crippen MR) is 168 cm³/mol. The van der Waals surface area contributed by atoms with E-state index in [4.69, 9.17) is 4.74 Å². The van der Waals surface area contributed by atoms with Crippen LogP contribution in [-0.2, 0) is 19.2 Å².